The van der Waals surface area contributed by atoms with Crippen molar-refractivity contribution in [3.05, 3.63) is 53.3 Å². The summed E-state index contributed by atoms with van der Waals surface area (Å²) in [5.74, 6) is 0.554. The molecule has 0 aliphatic rings. The van der Waals surface area contributed by atoms with Crippen molar-refractivity contribution in [2.24, 2.45) is 0 Å². The summed E-state index contributed by atoms with van der Waals surface area (Å²) < 4.78 is 8.08. The Balaban J connectivity index is 1.95. The summed E-state index contributed by atoms with van der Waals surface area (Å²) in [5, 5.41) is 9.20. The molecule has 6 nitrogen and oxygen atoms in total. The smallest absolute Gasteiger partial charge is 0.316 e. The lowest BCUT2D eigenvalue weighted by atomic mass is 10.2. The molecule has 2 aromatic heterocycles. The molecule has 1 aromatic carbocycles. The van der Waals surface area contributed by atoms with Crippen molar-refractivity contribution in [3.8, 4) is 17.1 Å². The number of hydrogen-bond donors (Lipinski definition) is 0. The highest BCUT2D eigenvalue weighted by molar-refractivity contribution is 9.10. The van der Waals surface area contributed by atoms with Gasteiger partial charge < -0.3 is 4.74 Å². The summed E-state index contributed by atoms with van der Waals surface area (Å²) in [6.07, 6.45) is 3.31. The average Bonchev–Trinajstić information content (AvgIpc) is 3.05. The molecule has 0 aliphatic carbocycles. The van der Waals surface area contributed by atoms with Crippen LogP contribution in [0.3, 0.4) is 0 Å². The quantitative estimate of drug-likeness (QED) is 0.430. The molecule has 0 atom stereocenters. The first-order valence-electron chi connectivity index (χ1n) is 7.98. The highest BCUT2D eigenvalue weighted by Gasteiger charge is 2.18. The lowest BCUT2D eigenvalue weighted by Crippen LogP contribution is -2.13. The van der Waals surface area contributed by atoms with Crippen molar-refractivity contribution in [2.45, 2.75) is 25.1 Å². The first-order valence-corrected chi connectivity index (χ1v) is 9.76. The van der Waals surface area contributed by atoms with E-state index in [1.54, 1.807) is 12.4 Å². The number of hydrogen-bond acceptors (Lipinski definition) is 6. The molecule has 0 radical (unpaired) electrons. The van der Waals surface area contributed by atoms with Gasteiger partial charge in [0.1, 0.15) is 0 Å². The minimum Gasteiger partial charge on any atom is -0.462 e. The van der Waals surface area contributed by atoms with Crippen LogP contribution in [0.2, 0.25) is 0 Å². The number of halogens is 1. The summed E-state index contributed by atoms with van der Waals surface area (Å²) >= 11 is 4.74. The third kappa shape index (κ3) is 4.50. The Hall–Kier alpha value is -2.19. The van der Waals surface area contributed by atoms with Crippen LogP contribution in [0, 0.1) is 0 Å². The first kappa shape index (κ1) is 18.6. The topological polar surface area (TPSA) is 69.9 Å². The maximum Gasteiger partial charge on any atom is 0.316 e. The van der Waals surface area contributed by atoms with Crippen LogP contribution >= 0.6 is 27.7 Å². The molecule has 0 saturated heterocycles. The molecule has 0 saturated carbocycles. The lowest BCUT2D eigenvalue weighted by Gasteiger charge is -2.11. The van der Waals surface area contributed by atoms with E-state index in [9.17, 15) is 4.79 Å². The first-order chi connectivity index (χ1) is 12.5. The number of carbonyl (C=O) groups is 1. The fourth-order valence-electron chi connectivity index (χ4n) is 2.29. The van der Waals surface area contributed by atoms with Crippen molar-refractivity contribution < 1.29 is 9.53 Å². The van der Waals surface area contributed by atoms with Gasteiger partial charge in [0.2, 0.25) is 0 Å². The molecule has 26 heavy (non-hydrogen) atoms. The minimum atomic E-state index is -0.279. The summed E-state index contributed by atoms with van der Waals surface area (Å²) in [4.78, 5) is 16.0. The Labute approximate surface area is 164 Å². The Morgan fingerprint density at radius 1 is 1.23 bits per heavy atom. The molecule has 0 unspecified atom stereocenters. The number of carbonyl (C=O) groups excluding carboxylic acids is 1. The Morgan fingerprint density at radius 3 is 2.65 bits per heavy atom. The maximum atomic E-state index is 11.9. The van der Waals surface area contributed by atoms with Gasteiger partial charge >= 0.3 is 5.97 Å². The zero-order valence-electron chi connectivity index (χ0n) is 14.3. The molecular weight excluding hydrogens is 416 g/mol. The fraction of sp³-hybridized carbons (Fsp3) is 0.222. The molecule has 0 aliphatic heterocycles. The zero-order chi connectivity index (χ0) is 18.5. The van der Waals surface area contributed by atoms with Gasteiger partial charge in [-0.05, 0) is 50.2 Å². The molecule has 0 amide bonds. The second-order valence-corrected chi connectivity index (χ2v) is 7.55. The minimum absolute atomic E-state index is 0.140. The lowest BCUT2D eigenvalue weighted by molar-refractivity contribution is -0.144. The van der Waals surface area contributed by atoms with Gasteiger partial charge in [-0.25, -0.2) is 0 Å². The van der Waals surface area contributed by atoms with E-state index in [2.05, 4.69) is 31.1 Å². The molecule has 8 heteroatoms. The van der Waals surface area contributed by atoms with Gasteiger partial charge in [0.15, 0.2) is 11.0 Å². The van der Waals surface area contributed by atoms with Gasteiger partial charge in [-0.2, -0.15) is 0 Å². The predicted octanol–water partition coefficient (Wildman–Crippen LogP) is 4.14. The van der Waals surface area contributed by atoms with Crippen molar-refractivity contribution >= 4 is 33.7 Å². The zero-order valence-corrected chi connectivity index (χ0v) is 16.7. The van der Waals surface area contributed by atoms with Gasteiger partial charge in [-0.3, -0.25) is 14.3 Å². The Kier molecular flexibility index (Phi) is 6.05. The number of ether oxygens (including phenoxy) is 1. The average molecular weight is 433 g/mol. The third-order valence-corrected chi connectivity index (χ3v) is 4.76. The largest absolute Gasteiger partial charge is 0.462 e. The van der Waals surface area contributed by atoms with E-state index in [4.69, 9.17) is 4.74 Å². The summed E-state index contributed by atoms with van der Waals surface area (Å²) in [7, 11) is 0. The van der Waals surface area contributed by atoms with Crippen LogP contribution in [0.25, 0.3) is 17.1 Å². The molecule has 2 heterocycles. The summed E-state index contributed by atoms with van der Waals surface area (Å²) in [6, 6.07) is 11.6. The van der Waals surface area contributed by atoms with Gasteiger partial charge in [0, 0.05) is 28.1 Å². The number of aromatic nitrogens is 4. The van der Waals surface area contributed by atoms with E-state index in [0.717, 1.165) is 15.7 Å². The highest BCUT2D eigenvalue weighted by atomic mass is 79.9. The standard InChI is InChI=1S/C18H17BrN4O2S/c1-12(2)25-16(24)11-26-18-22-21-17(13-4-3-9-20-10-13)23(18)15-7-5-14(19)6-8-15/h3-10,12H,11H2,1-2H3. The van der Waals surface area contributed by atoms with E-state index in [0.29, 0.717) is 11.0 Å². The Morgan fingerprint density at radius 2 is 2.00 bits per heavy atom. The van der Waals surface area contributed by atoms with Gasteiger partial charge in [0.05, 0.1) is 11.9 Å². The molecule has 0 bridgehead atoms. The van der Waals surface area contributed by atoms with Crippen molar-refractivity contribution in [1.29, 1.82) is 0 Å². The van der Waals surface area contributed by atoms with Crippen LogP contribution in [0.5, 0.6) is 0 Å². The van der Waals surface area contributed by atoms with Gasteiger partial charge in [-0.15, -0.1) is 10.2 Å². The molecule has 3 aromatic rings. The fourth-order valence-corrected chi connectivity index (χ4v) is 3.29. The van der Waals surface area contributed by atoms with Crippen LogP contribution in [-0.2, 0) is 9.53 Å². The monoisotopic (exact) mass is 432 g/mol. The normalized spacial score (nSPS) is 10.9. The molecule has 0 N–H and O–H groups in total. The van der Waals surface area contributed by atoms with Crippen LogP contribution in [0.1, 0.15) is 13.8 Å². The van der Waals surface area contributed by atoms with E-state index < -0.39 is 0 Å². The van der Waals surface area contributed by atoms with E-state index in [-0.39, 0.29) is 17.8 Å². The van der Waals surface area contributed by atoms with Gasteiger partial charge in [-0.1, -0.05) is 27.7 Å². The highest BCUT2D eigenvalue weighted by Crippen LogP contribution is 2.28. The van der Waals surface area contributed by atoms with Crippen molar-refractivity contribution in [2.75, 3.05) is 5.75 Å². The summed E-state index contributed by atoms with van der Waals surface area (Å²) in [5.41, 5.74) is 1.75. The molecule has 0 spiro atoms. The number of nitrogens with zero attached hydrogens (tertiary/aromatic N) is 4. The van der Waals surface area contributed by atoms with E-state index >= 15 is 0 Å². The SMILES string of the molecule is CC(C)OC(=O)CSc1nnc(-c2cccnc2)n1-c1ccc(Br)cc1. The van der Waals surface area contributed by atoms with Crippen LogP contribution in [0.4, 0.5) is 0 Å². The number of esters is 1. The second kappa shape index (κ2) is 8.46. The third-order valence-electron chi connectivity index (χ3n) is 3.32. The molecule has 0 fully saturated rings. The van der Waals surface area contributed by atoms with Crippen molar-refractivity contribution in [3.63, 3.8) is 0 Å². The molecule has 134 valence electrons. The van der Waals surface area contributed by atoms with E-state index in [1.165, 1.54) is 11.8 Å². The van der Waals surface area contributed by atoms with Crippen molar-refractivity contribution in [1.82, 2.24) is 19.7 Å². The molecule has 3 rings (SSSR count). The maximum absolute atomic E-state index is 11.9. The number of rotatable bonds is 6. The molecular formula is C18H17BrN4O2S. The second-order valence-electron chi connectivity index (χ2n) is 5.69. The summed E-state index contributed by atoms with van der Waals surface area (Å²) in [6.45, 7) is 3.65. The van der Waals surface area contributed by atoms with E-state index in [1.807, 2.05) is 54.8 Å². The van der Waals surface area contributed by atoms with Gasteiger partial charge in [0.25, 0.3) is 0 Å². The van der Waals surface area contributed by atoms with Crippen LogP contribution in [0.15, 0.2) is 58.4 Å². The van der Waals surface area contributed by atoms with Crippen LogP contribution in [-0.4, -0.2) is 37.6 Å². The van der Waals surface area contributed by atoms with Crippen LogP contribution < -0.4 is 0 Å². The number of benzene rings is 1. The number of thioether (sulfide) groups is 1. The number of pyridine rings is 1. The Bertz CT molecular complexity index is 882. The predicted molar refractivity (Wildman–Crippen MR) is 104 cm³/mol.